The molecule has 1 aromatic carbocycles. The summed E-state index contributed by atoms with van der Waals surface area (Å²) in [6, 6.07) is 7.65. The molecule has 0 bridgehead atoms. The molecule has 0 saturated carbocycles. The summed E-state index contributed by atoms with van der Waals surface area (Å²) in [6.07, 6.45) is 2.50. The molecule has 0 spiro atoms. The molecule has 5 heteroatoms. The number of hydrogen-bond acceptors (Lipinski definition) is 4. The molecule has 2 rings (SSSR count). The molecule has 0 amide bonds. The molecule has 1 aromatic heterocycles. The van der Waals surface area contributed by atoms with Gasteiger partial charge < -0.3 is 15.2 Å². The van der Waals surface area contributed by atoms with Crippen LogP contribution in [-0.2, 0) is 0 Å². The highest BCUT2D eigenvalue weighted by molar-refractivity contribution is 5.47. The predicted octanol–water partition coefficient (Wildman–Crippen LogP) is 3.38. The largest absolute Gasteiger partial charge is 0.475 e. The molecule has 0 aliphatic carbocycles. The van der Waals surface area contributed by atoms with Crippen LogP contribution < -0.4 is 15.2 Å². The second-order valence-corrected chi connectivity index (χ2v) is 3.94. The summed E-state index contributed by atoms with van der Waals surface area (Å²) < 4.78 is 24.1. The molecule has 0 aliphatic heterocycles. The van der Waals surface area contributed by atoms with Crippen LogP contribution in [0.5, 0.6) is 17.4 Å². The molecule has 0 fully saturated rings. The first-order valence-corrected chi connectivity index (χ1v) is 6.01. The summed E-state index contributed by atoms with van der Waals surface area (Å²) in [7, 11) is 0. The van der Waals surface area contributed by atoms with Crippen molar-refractivity contribution < 1.29 is 13.9 Å². The van der Waals surface area contributed by atoms with Gasteiger partial charge in [-0.1, -0.05) is 6.92 Å². The van der Waals surface area contributed by atoms with E-state index in [4.69, 9.17) is 15.2 Å². The van der Waals surface area contributed by atoms with E-state index in [0.717, 1.165) is 6.42 Å². The average molecular weight is 262 g/mol. The molecule has 0 aliphatic rings. The van der Waals surface area contributed by atoms with Gasteiger partial charge in [0.1, 0.15) is 11.6 Å². The summed E-state index contributed by atoms with van der Waals surface area (Å²) in [5.41, 5.74) is 5.53. The molecular formula is C14H15FN2O2. The Kier molecular flexibility index (Phi) is 4.18. The minimum Gasteiger partial charge on any atom is -0.475 e. The fourth-order valence-electron chi connectivity index (χ4n) is 1.47. The zero-order valence-electron chi connectivity index (χ0n) is 10.6. The first-order chi connectivity index (χ1) is 9.20. The van der Waals surface area contributed by atoms with E-state index in [0.29, 0.717) is 24.0 Å². The van der Waals surface area contributed by atoms with Gasteiger partial charge in [-0.05, 0) is 30.7 Å². The number of aromatic nitrogens is 1. The third-order valence-electron chi connectivity index (χ3n) is 2.37. The quantitative estimate of drug-likeness (QED) is 0.839. The van der Waals surface area contributed by atoms with Crippen LogP contribution in [0.1, 0.15) is 13.3 Å². The van der Waals surface area contributed by atoms with Gasteiger partial charge in [0, 0.05) is 12.3 Å². The lowest BCUT2D eigenvalue weighted by molar-refractivity contribution is 0.290. The van der Waals surface area contributed by atoms with Crippen molar-refractivity contribution in [1.29, 1.82) is 0 Å². The number of halogens is 1. The molecule has 19 heavy (non-hydrogen) atoms. The standard InChI is InChI=1S/C14H15FN2O2/c1-2-8-18-14-13(4-3-7-17-14)19-10-5-6-11(15)12(16)9-10/h3-7,9H,2,8,16H2,1H3. The first kappa shape index (κ1) is 13.1. The molecular weight excluding hydrogens is 247 g/mol. The third kappa shape index (κ3) is 3.34. The van der Waals surface area contributed by atoms with Crippen molar-refractivity contribution in [2.24, 2.45) is 0 Å². The number of pyridine rings is 1. The Morgan fingerprint density at radius 3 is 2.89 bits per heavy atom. The molecule has 0 atom stereocenters. The van der Waals surface area contributed by atoms with E-state index in [1.807, 2.05) is 6.92 Å². The number of nitrogens with zero attached hydrogens (tertiary/aromatic N) is 1. The molecule has 0 radical (unpaired) electrons. The van der Waals surface area contributed by atoms with E-state index in [-0.39, 0.29) is 5.69 Å². The molecule has 0 unspecified atom stereocenters. The maximum absolute atomic E-state index is 13.1. The van der Waals surface area contributed by atoms with Crippen molar-refractivity contribution in [1.82, 2.24) is 4.98 Å². The topological polar surface area (TPSA) is 57.4 Å². The summed E-state index contributed by atoms with van der Waals surface area (Å²) >= 11 is 0. The van der Waals surface area contributed by atoms with Crippen LogP contribution in [-0.4, -0.2) is 11.6 Å². The van der Waals surface area contributed by atoms with E-state index >= 15 is 0 Å². The summed E-state index contributed by atoms with van der Waals surface area (Å²) in [4.78, 5) is 4.10. The predicted molar refractivity (Wildman–Crippen MR) is 70.9 cm³/mol. The van der Waals surface area contributed by atoms with Crippen molar-refractivity contribution >= 4 is 5.69 Å². The fraction of sp³-hybridized carbons (Fsp3) is 0.214. The van der Waals surface area contributed by atoms with E-state index in [9.17, 15) is 4.39 Å². The Bertz CT molecular complexity index is 561. The number of nitrogen functional groups attached to an aromatic ring is 1. The van der Waals surface area contributed by atoms with Crippen LogP contribution >= 0.6 is 0 Å². The van der Waals surface area contributed by atoms with E-state index < -0.39 is 5.82 Å². The number of nitrogens with two attached hydrogens (primary N) is 1. The number of benzene rings is 1. The second kappa shape index (κ2) is 6.04. The normalized spacial score (nSPS) is 10.2. The molecule has 1 heterocycles. The summed E-state index contributed by atoms with van der Waals surface area (Å²) in [5.74, 6) is 0.850. The summed E-state index contributed by atoms with van der Waals surface area (Å²) in [6.45, 7) is 2.56. The van der Waals surface area contributed by atoms with Crippen molar-refractivity contribution in [3.05, 3.63) is 42.3 Å². The van der Waals surface area contributed by atoms with Gasteiger partial charge in [0.05, 0.1) is 12.3 Å². The molecule has 2 N–H and O–H groups in total. The highest BCUT2D eigenvalue weighted by atomic mass is 19.1. The van der Waals surface area contributed by atoms with Crippen molar-refractivity contribution in [2.45, 2.75) is 13.3 Å². The van der Waals surface area contributed by atoms with Gasteiger partial charge in [0.2, 0.25) is 0 Å². The molecule has 100 valence electrons. The average Bonchev–Trinajstić information content (AvgIpc) is 2.42. The lowest BCUT2D eigenvalue weighted by atomic mass is 10.3. The molecule has 2 aromatic rings. The maximum atomic E-state index is 13.1. The zero-order chi connectivity index (χ0) is 13.7. The maximum Gasteiger partial charge on any atom is 0.257 e. The van der Waals surface area contributed by atoms with Gasteiger partial charge in [-0.2, -0.15) is 0 Å². The Morgan fingerprint density at radius 1 is 1.32 bits per heavy atom. The smallest absolute Gasteiger partial charge is 0.257 e. The van der Waals surface area contributed by atoms with Gasteiger partial charge in [0.15, 0.2) is 5.75 Å². The van der Waals surface area contributed by atoms with Gasteiger partial charge in [-0.25, -0.2) is 9.37 Å². The number of rotatable bonds is 5. The first-order valence-electron chi connectivity index (χ1n) is 6.01. The highest BCUT2D eigenvalue weighted by Gasteiger charge is 2.08. The lowest BCUT2D eigenvalue weighted by Crippen LogP contribution is -1.99. The van der Waals surface area contributed by atoms with Crippen molar-refractivity contribution in [3.8, 4) is 17.4 Å². The Labute approximate surface area is 111 Å². The monoisotopic (exact) mass is 262 g/mol. The van der Waals surface area contributed by atoms with Crippen LogP contribution in [0.2, 0.25) is 0 Å². The Morgan fingerprint density at radius 2 is 2.16 bits per heavy atom. The summed E-state index contributed by atoms with van der Waals surface area (Å²) in [5, 5.41) is 0. The van der Waals surface area contributed by atoms with Crippen LogP contribution in [0, 0.1) is 5.82 Å². The van der Waals surface area contributed by atoms with Crippen LogP contribution in [0.4, 0.5) is 10.1 Å². The van der Waals surface area contributed by atoms with Gasteiger partial charge in [-0.3, -0.25) is 0 Å². The number of hydrogen-bond donors (Lipinski definition) is 1. The SMILES string of the molecule is CCCOc1ncccc1Oc1ccc(F)c(N)c1. The number of anilines is 1. The van der Waals surface area contributed by atoms with Crippen molar-refractivity contribution in [2.75, 3.05) is 12.3 Å². The van der Waals surface area contributed by atoms with E-state index in [2.05, 4.69) is 4.98 Å². The third-order valence-corrected chi connectivity index (χ3v) is 2.37. The fourth-order valence-corrected chi connectivity index (χ4v) is 1.47. The Hall–Kier alpha value is -2.30. The highest BCUT2D eigenvalue weighted by Crippen LogP contribution is 2.30. The lowest BCUT2D eigenvalue weighted by Gasteiger charge is -2.11. The zero-order valence-corrected chi connectivity index (χ0v) is 10.6. The number of ether oxygens (including phenoxy) is 2. The van der Waals surface area contributed by atoms with Gasteiger partial charge in [0.25, 0.3) is 5.88 Å². The Balaban J connectivity index is 2.20. The van der Waals surface area contributed by atoms with Crippen LogP contribution in [0.25, 0.3) is 0 Å². The minimum absolute atomic E-state index is 0.0393. The van der Waals surface area contributed by atoms with Crippen LogP contribution in [0.3, 0.4) is 0 Å². The van der Waals surface area contributed by atoms with Gasteiger partial charge in [-0.15, -0.1) is 0 Å². The van der Waals surface area contributed by atoms with E-state index in [1.54, 1.807) is 18.3 Å². The van der Waals surface area contributed by atoms with E-state index in [1.165, 1.54) is 18.2 Å². The second-order valence-electron chi connectivity index (χ2n) is 3.94. The molecule has 4 nitrogen and oxygen atoms in total. The van der Waals surface area contributed by atoms with Crippen LogP contribution in [0.15, 0.2) is 36.5 Å². The van der Waals surface area contributed by atoms with Gasteiger partial charge >= 0.3 is 0 Å². The molecule has 0 saturated heterocycles. The van der Waals surface area contributed by atoms with Crippen molar-refractivity contribution in [3.63, 3.8) is 0 Å². The minimum atomic E-state index is -0.471.